The lowest BCUT2D eigenvalue weighted by Crippen LogP contribution is -2.56. The number of amides is 1. The molecule has 2 aliphatic rings. The first-order valence-electron chi connectivity index (χ1n) is 7.22. The van der Waals surface area contributed by atoms with Gasteiger partial charge in [0.05, 0.1) is 5.54 Å². The average molecular weight is 238 g/mol. The summed E-state index contributed by atoms with van der Waals surface area (Å²) in [5.41, 5.74) is -0.213. The van der Waals surface area contributed by atoms with Crippen molar-refractivity contribution in [2.75, 3.05) is 19.6 Å². The third-order valence-corrected chi connectivity index (χ3v) is 4.40. The van der Waals surface area contributed by atoms with Crippen molar-refractivity contribution in [1.29, 1.82) is 0 Å². The highest BCUT2D eigenvalue weighted by molar-refractivity contribution is 5.86. The Morgan fingerprint density at radius 1 is 1.41 bits per heavy atom. The zero-order valence-electron chi connectivity index (χ0n) is 11.3. The Balaban J connectivity index is 2.01. The van der Waals surface area contributed by atoms with Crippen LogP contribution in [0.2, 0.25) is 0 Å². The van der Waals surface area contributed by atoms with E-state index >= 15 is 0 Å². The first kappa shape index (κ1) is 12.9. The van der Waals surface area contributed by atoms with Crippen LogP contribution < -0.4 is 5.32 Å². The third-order valence-electron chi connectivity index (χ3n) is 4.40. The van der Waals surface area contributed by atoms with Crippen LogP contribution >= 0.6 is 0 Å². The standard InChI is InChI=1S/C14H26N2O/c1-3-7-14(8-4-9-15-14)13(17)16-10-5-12(2)6-11-16/h12,15H,3-11H2,1-2H3. The van der Waals surface area contributed by atoms with Gasteiger partial charge in [-0.15, -0.1) is 0 Å². The third kappa shape index (κ3) is 2.65. The van der Waals surface area contributed by atoms with Gasteiger partial charge in [-0.1, -0.05) is 20.3 Å². The zero-order valence-corrected chi connectivity index (χ0v) is 11.3. The Hall–Kier alpha value is -0.570. The van der Waals surface area contributed by atoms with E-state index in [1.165, 1.54) is 12.8 Å². The molecule has 2 aliphatic heterocycles. The molecule has 0 bridgehead atoms. The summed E-state index contributed by atoms with van der Waals surface area (Å²) in [5, 5.41) is 3.49. The van der Waals surface area contributed by atoms with Gasteiger partial charge in [0.25, 0.3) is 0 Å². The molecule has 98 valence electrons. The van der Waals surface area contributed by atoms with Gasteiger partial charge >= 0.3 is 0 Å². The maximum Gasteiger partial charge on any atom is 0.242 e. The minimum atomic E-state index is -0.213. The van der Waals surface area contributed by atoms with E-state index < -0.39 is 0 Å². The first-order chi connectivity index (χ1) is 8.18. The molecule has 1 atom stereocenters. The van der Waals surface area contributed by atoms with Crippen LogP contribution in [0, 0.1) is 5.92 Å². The predicted molar refractivity (Wildman–Crippen MR) is 69.9 cm³/mol. The van der Waals surface area contributed by atoms with E-state index in [0.717, 1.165) is 51.2 Å². The molecule has 17 heavy (non-hydrogen) atoms. The Morgan fingerprint density at radius 3 is 2.65 bits per heavy atom. The number of piperidine rings is 1. The summed E-state index contributed by atoms with van der Waals surface area (Å²) >= 11 is 0. The van der Waals surface area contributed by atoms with Crippen molar-refractivity contribution >= 4 is 5.91 Å². The highest BCUT2D eigenvalue weighted by Gasteiger charge is 2.42. The predicted octanol–water partition coefficient (Wildman–Crippen LogP) is 2.17. The molecule has 0 aromatic rings. The number of carbonyl (C=O) groups is 1. The minimum Gasteiger partial charge on any atom is -0.341 e. The van der Waals surface area contributed by atoms with E-state index in [9.17, 15) is 4.79 Å². The Morgan fingerprint density at radius 2 is 2.12 bits per heavy atom. The fraction of sp³-hybridized carbons (Fsp3) is 0.929. The van der Waals surface area contributed by atoms with Crippen LogP contribution in [0.15, 0.2) is 0 Å². The Bertz CT molecular complexity index is 263. The van der Waals surface area contributed by atoms with Crippen molar-refractivity contribution < 1.29 is 4.79 Å². The highest BCUT2D eigenvalue weighted by atomic mass is 16.2. The summed E-state index contributed by atoms with van der Waals surface area (Å²) < 4.78 is 0. The molecule has 2 saturated heterocycles. The summed E-state index contributed by atoms with van der Waals surface area (Å²) in [4.78, 5) is 14.8. The number of likely N-dealkylation sites (tertiary alicyclic amines) is 1. The molecule has 0 radical (unpaired) electrons. The summed E-state index contributed by atoms with van der Waals surface area (Å²) in [5.74, 6) is 1.17. The van der Waals surface area contributed by atoms with Crippen molar-refractivity contribution in [3.8, 4) is 0 Å². The summed E-state index contributed by atoms with van der Waals surface area (Å²) in [6.45, 7) is 7.40. The van der Waals surface area contributed by atoms with E-state index in [1.807, 2.05) is 0 Å². The Kier molecular flexibility index (Phi) is 4.08. The summed E-state index contributed by atoms with van der Waals surface area (Å²) in [6, 6.07) is 0. The summed E-state index contributed by atoms with van der Waals surface area (Å²) in [7, 11) is 0. The van der Waals surface area contributed by atoms with Gasteiger partial charge in [0.1, 0.15) is 0 Å². The molecule has 0 aromatic heterocycles. The van der Waals surface area contributed by atoms with E-state index in [2.05, 4.69) is 24.1 Å². The van der Waals surface area contributed by atoms with Gasteiger partial charge in [0, 0.05) is 13.1 Å². The maximum atomic E-state index is 12.7. The van der Waals surface area contributed by atoms with Gasteiger partial charge in [-0.25, -0.2) is 0 Å². The van der Waals surface area contributed by atoms with Crippen molar-refractivity contribution in [3.05, 3.63) is 0 Å². The molecular weight excluding hydrogens is 212 g/mol. The molecule has 3 nitrogen and oxygen atoms in total. The molecule has 2 fully saturated rings. The normalized spacial score (nSPS) is 30.8. The summed E-state index contributed by atoms with van der Waals surface area (Å²) in [6.07, 6.45) is 6.62. The molecule has 1 amide bonds. The SMILES string of the molecule is CCCC1(C(=O)N2CCC(C)CC2)CCCN1. The first-order valence-corrected chi connectivity index (χ1v) is 7.22. The molecule has 0 saturated carbocycles. The molecule has 2 rings (SSSR count). The molecular formula is C14H26N2O. The van der Waals surface area contributed by atoms with Gasteiger partial charge in [-0.2, -0.15) is 0 Å². The quantitative estimate of drug-likeness (QED) is 0.817. The number of hydrogen-bond donors (Lipinski definition) is 1. The molecule has 3 heteroatoms. The highest BCUT2D eigenvalue weighted by Crippen LogP contribution is 2.29. The second kappa shape index (κ2) is 5.38. The number of hydrogen-bond acceptors (Lipinski definition) is 2. The number of nitrogens with zero attached hydrogens (tertiary/aromatic N) is 1. The van der Waals surface area contributed by atoms with Gasteiger partial charge in [-0.05, 0) is 44.6 Å². The molecule has 2 heterocycles. The van der Waals surface area contributed by atoms with Crippen molar-refractivity contribution in [3.63, 3.8) is 0 Å². The number of carbonyl (C=O) groups excluding carboxylic acids is 1. The largest absolute Gasteiger partial charge is 0.341 e. The lowest BCUT2D eigenvalue weighted by Gasteiger charge is -2.38. The average Bonchev–Trinajstić information content (AvgIpc) is 2.79. The van der Waals surface area contributed by atoms with E-state index in [4.69, 9.17) is 0 Å². The fourth-order valence-corrected chi connectivity index (χ4v) is 3.25. The van der Waals surface area contributed by atoms with Gasteiger partial charge < -0.3 is 10.2 Å². The number of nitrogens with one attached hydrogen (secondary N) is 1. The fourth-order valence-electron chi connectivity index (χ4n) is 3.25. The van der Waals surface area contributed by atoms with Crippen LogP contribution in [-0.2, 0) is 4.79 Å². The van der Waals surface area contributed by atoms with Gasteiger partial charge in [0.2, 0.25) is 5.91 Å². The lowest BCUT2D eigenvalue weighted by molar-refractivity contribution is -0.139. The molecule has 1 N–H and O–H groups in total. The Labute approximate surface area is 105 Å². The van der Waals surface area contributed by atoms with E-state index in [-0.39, 0.29) is 5.54 Å². The van der Waals surface area contributed by atoms with Gasteiger partial charge in [-0.3, -0.25) is 4.79 Å². The smallest absolute Gasteiger partial charge is 0.242 e. The molecule has 1 unspecified atom stereocenters. The lowest BCUT2D eigenvalue weighted by atomic mass is 9.88. The van der Waals surface area contributed by atoms with Crippen molar-refractivity contribution in [1.82, 2.24) is 10.2 Å². The molecule has 0 aromatic carbocycles. The second-order valence-electron chi connectivity index (χ2n) is 5.84. The molecule has 0 aliphatic carbocycles. The maximum absolute atomic E-state index is 12.7. The number of rotatable bonds is 3. The minimum absolute atomic E-state index is 0.213. The van der Waals surface area contributed by atoms with Crippen LogP contribution in [0.1, 0.15) is 52.4 Å². The topological polar surface area (TPSA) is 32.3 Å². The zero-order chi connectivity index (χ0) is 12.3. The van der Waals surface area contributed by atoms with Crippen molar-refractivity contribution in [2.24, 2.45) is 5.92 Å². The van der Waals surface area contributed by atoms with E-state index in [1.54, 1.807) is 0 Å². The van der Waals surface area contributed by atoms with Gasteiger partial charge in [0.15, 0.2) is 0 Å². The monoisotopic (exact) mass is 238 g/mol. The van der Waals surface area contributed by atoms with Crippen LogP contribution in [0.3, 0.4) is 0 Å². The second-order valence-corrected chi connectivity index (χ2v) is 5.84. The van der Waals surface area contributed by atoms with Crippen LogP contribution in [0.4, 0.5) is 0 Å². The molecule has 0 spiro atoms. The van der Waals surface area contributed by atoms with Crippen molar-refractivity contribution in [2.45, 2.75) is 57.9 Å². The van der Waals surface area contributed by atoms with Crippen LogP contribution in [-0.4, -0.2) is 36.0 Å². The van der Waals surface area contributed by atoms with Crippen LogP contribution in [0.25, 0.3) is 0 Å². The van der Waals surface area contributed by atoms with E-state index in [0.29, 0.717) is 5.91 Å². The van der Waals surface area contributed by atoms with Crippen LogP contribution in [0.5, 0.6) is 0 Å².